The molecule has 0 fully saturated rings. The quantitative estimate of drug-likeness (QED) is 0.572. The molecule has 0 bridgehead atoms. The van der Waals surface area contributed by atoms with Crippen molar-refractivity contribution in [3.8, 4) is 0 Å². The Kier molecular flexibility index (Phi) is 6.69. The van der Waals surface area contributed by atoms with Gasteiger partial charge in [0.1, 0.15) is 0 Å². The molecule has 0 spiro atoms. The number of para-hydroxylation sites is 2. The van der Waals surface area contributed by atoms with Gasteiger partial charge in [0.25, 0.3) is 0 Å². The van der Waals surface area contributed by atoms with Crippen LogP contribution >= 0.6 is 23.1 Å². The second kappa shape index (κ2) is 9.20. The van der Waals surface area contributed by atoms with Gasteiger partial charge in [-0.3, -0.25) is 14.4 Å². The smallest absolute Gasteiger partial charge is 0.311 e. The molecule has 9 heteroatoms. The van der Waals surface area contributed by atoms with Crippen LogP contribution in [0.2, 0.25) is 0 Å². The van der Waals surface area contributed by atoms with E-state index in [2.05, 4.69) is 10.3 Å². The van der Waals surface area contributed by atoms with Crippen molar-refractivity contribution in [1.82, 2.24) is 4.98 Å². The molecule has 0 aliphatic carbocycles. The van der Waals surface area contributed by atoms with E-state index in [4.69, 9.17) is 4.74 Å². The van der Waals surface area contributed by atoms with Crippen LogP contribution in [0.15, 0.2) is 34.0 Å². The van der Waals surface area contributed by atoms with Gasteiger partial charge >= 0.3 is 5.97 Å². The Labute approximate surface area is 171 Å². The number of esters is 1. The van der Waals surface area contributed by atoms with E-state index in [1.165, 1.54) is 23.1 Å². The Morgan fingerprint density at radius 1 is 1.39 bits per heavy atom. The molecule has 28 heavy (non-hydrogen) atoms. The van der Waals surface area contributed by atoms with Gasteiger partial charge in [0, 0.05) is 17.8 Å². The topological polar surface area (TPSA) is 88.6 Å². The van der Waals surface area contributed by atoms with Gasteiger partial charge in [0.2, 0.25) is 11.8 Å². The first kappa shape index (κ1) is 20.3. The fraction of sp³-hybridized carbons (Fsp3) is 0.368. The summed E-state index contributed by atoms with van der Waals surface area (Å²) in [6.07, 6.45) is 0.370. The van der Waals surface area contributed by atoms with Crippen LogP contribution in [0.25, 0.3) is 0 Å². The zero-order chi connectivity index (χ0) is 20.1. The van der Waals surface area contributed by atoms with E-state index in [0.717, 1.165) is 4.34 Å². The number of hydrogen-bond donors (Lipinski definition) is 1. The normalized spacial score (nSPS) is 16.1. The first-order chi connectivity index (χ1) is 13.5. The van der Waals surface area contributed by atoms with Gasteiger partial charge in [-0.1, -0.05) is 23.9 Å². The number of anilines is 2. The number of hydrogen-bond acceptors (Lipinski definition) is 7. The molecule has 148 valence electrons. The first-order valence-electron chi connectivity index (χ1n) is 8.91. The largest absolute Gasteiger partial charge is 0.466 e. The standard InChI is InChI=1S/C19H21N3O4S2/c1-3-26-18(25)9-13-10-27-19(20-13)28-11-17(24)22-12(2)8-16(23)21-14-6-4-5-7-15(14)22/h4-7,10,12H,3,8-9,11H2,1-2H3,(H,21,23)/t12-/m1/s1. The summed E-state index contributed by atoms with van der Waals surface area (Å²) in [6.45, 7) is 3.97. The summed E-state index contributed by atoms with van der Waals surface area (Å²) in [7, 11) is 0. The maximum Gasteiger partial charge on any atom is 0.311 e. The van der Waals surface area contributed by atoms with Crippen molar-refractivity contribution in [3.05, 3.63) is 35.3 Å². The minimum absolute atomic E-state index is 0.0939. The van der Waals surface area contributed by atoms with Crippen molar-refractivity contribution in [2.24, 2.45) is 0 Å². The molecular weight excluding hydrogens is 398 g/mol. The minimum Gasteiger partial charge on any atom is -0.466 e. The molecule has 0 saturated carbocycles. The number of carbonyl (C=O) groups is 3. The molecule has 2 amide bonds. The Morgan fingerprint density at radius 3 is 2.96 bits per heavy atom. The average Bonchev–Trinajstić information content (AvgIpc) is 3.03. The Hall–Kier alpha value is -2.39. The van der Waals surface area contributed by atoms with E-state index in [0.29, 0.717) is 23.7 Å². The lowest BCUT2D eigenvalue weighted by atomic mass is 10.2. The van der Waals surface area contributed by atoms with E-state index in [1.54, 1.807) is 23.3 Å². The number of nitrogens with one attached hydrogen (secondary N) is 1. The third-order valence-electron chi connectivity index (χ3n) is 4.11. The van der Waals surface area contributed by atoms with Gasteiger partial charge in [-0.15, -0.1) is 11.3 Å². The predicted octanol–water partition coefficient (Wildman–Crippen LogP) is 3.10. The average molecular weight is 420 g/mol. The third-order valence-corrected chi connectivity index (χ3v) is 6.16. The summed E-state index contributed by atoms with van der Waals surface area (Å²) in [5.41, 5.74) is 1.98. The summed E-state index contributed by atoms with van der Waals surface area (Å²) in [5.74, 6) is -0.318. The van der Waals surface area contributed by atoms with Crippen molar-refractivity contribution >= 4 is 52.3 Å². The zero-order valence-corrected chi connectivity index (χ0v) is 17.3. The number of amides is 2. The highest BCUT2D eigenvalue weighted by Gasteiger charge is 2.29. The number of fused-ring (bicyclic) bond motifs is 1. The predicted molar refractivity (Wildman–Crippen MR) is 110 cm³/mol. The van der Waals surface area contributed by atoms with Crippen molar-refractivity contribution in [1.29, 1.82) is 0 Å². The SMILES string of the molecule is CCOC(=O)Cc1csc(SCC(=O)N2c3ccccc3NC(=O)C[C@H]2C)n1. The molecular formula is C19H21N3O4S2. The number of benzene rings is 1. The lowest BCUT2D eigenvalue weighted by Gasteiger charge is -2.27. The maximum absolute atomic E-state index is 12.9. The lowest BCUT2D eigenvalue weighted by Crippen LogP contribution is -2.40. The molecule has 0 unspecified atom stereocenters. The number of thiazole rings is 1. The maximum atomic E-state index is 12.9. The number of carbonyl (C=O) groups excluding carboxylic acids is 3. The highest BCUT2D eigenvalue weighted by atomic mass is 32.2. The molecule has 1 aliphatic heterocycles. The van der Waals surface area contributed by atoms with E-state index in [-0.39, 0.29) is 42.4 Å². The Balaban J connectivity index is 1.67. The fourth-order valence-corrected chi connectivity index (χ4v) is 4.66. The van der Waals surface area contributed by atoms with Crippen LogP contribution in [-0.4, -0.2) is 41.2 Å². The summed E-state index contributed by atoms with van der Waals surface area (Å²) in [4.78, 5) is 42.6. The van der Waals surface area contributed by atoms with Crippen LogP contribution in [-0.2, 0) is 25.5 Å². The van der Waals surface area contributed by atoms with Crippen molar-refractivity contribution in [2.75, 3.05) is 22.6 Å². The number of thioether (sulfide) groups is 1. The molecule has 1 aromatic carbocycles. The molecule has 0 radical (unpaired) electrons. The van der Waals surface area contributed by atoms with Gasteiger partial charge in [0.05, 0.1) is 35.8 Å². The summed E-state index contributed by atoms with van der Waals surface area (Å²) in [6, 6.07) is 7.06. The number of ether oxygens (including phenoxy) is 1. The highest BCUT2D eigenvalue weighted by molar-refractivity contribution is 8.01. The summed E-state index contributed by atoms with van der Waals surface area (Å²) in [5, 5.41) is 4.65. The van der Waals surface area contributed by atoms with Crippen LogP contribution in [0.4, 0.5) is 11.4 Å². The molecule has 3 rings (SSSR count). The van der Waals surface area contributed by atoms with Crippen LogP contribution in [0.1, 0.15) is 26.0 Å². The number of rotatable bonds is 6. The number of nitrogens with zero attached hydrogens (tertiary/aromatic N) is 2. The highest BCUT2D eigenvalue weighted by Crippen LogP contribution is 2.32. The molecule has 2 heterocycles. The molecule has 1 atom stereocenters. The summed E-state index contributed by atoms with van der Waals surface area (Å²) >= 11 is 2.72. The third kappa shape index (κ3) is 4.90. The molecule has 7 nitrogen and oxygen atoms in total. The molecule has 2 aromatic rings. The monoisotopic (exact) mass is 419 g/mol. The van der Waals surface area contributed by atoms with Crippen LogP contribution in [0.3, 0.4) is 0 Å². The van der Waals surface area contributed by atoms with Gasteiger partial charge in [-0.2, -0.15) is 0 Å². The van der Waals surface area contributed by atoms with E-state index < -0.39 is 0 Å². The van der Waals surface area contributed by atoms with Gasteiger partial charge < -0.3 is 15.0 Å². The Bertz CT molecular complexity index is 884. The second-order valence-electron chi connectivity index (χ2n) is 6.26. The van der Waals surface area contributed by atoms with Crippen LogP contribution in [0.5, 0.6) is 0 Å². The van der Waals surface area contributed by atoms with E-state index >= 15 is 0 Å². The molecule has 1 N–H and O–H groups in total. The Morgan fingerprint density at radius 2 is 2.18 bits per heavy atom. The van der Waals surface area contributed by atoms with Crippen LogP contribution in [0, 0.1) is 0 Å². The zero-order valence-electron chi connectivity index (χ0n) is 15.6. The van der Waals surface area contributed by atoms with E-state index in [1.807, 2.05) is 25.1 Å². The van der Waals surface area contributed by atoms with Gasteiger partial charge in [-0.25, -0.2) is 4.98 Å². The minimum atomic E-state index is -0.312. The van der Waals surface area contributed by atoms with Gasteiger partial charge in [-0.05, 0) is 26.0 Å². The van der Waals surface area contributed by atoms with Gasteiger partial charge in [0.15, 0.2) is 4.34 Å². The van der Waals surface area contributed by atoms with Crippen molar-refractivity contribution in [2.45, 2.75) is 37.1 Å². The van der Waals surface area contributed by atoms with E-state index in [9.17, 15) is 14.4 Å². The molecule has 1 aromatic heterocycles. The molecule has 0 saturated heterocycles. The summed E-state index contributed by atoms with van der Waals surface area (Å²) < 4.78 is 5.64. The molecule has 1 aliphatic rings. The van der Waals surface area contributed by atoms with Crippen molar-refractivity contribution in [3.63, 3.8) is 0 Å². The first-order valence-corrected chi connectivity index (χ1v) is 10.8. The lowest BCUT2D eigenvalue weighted by molar-refractivity contribution is -0.142. The van der Waals surface area contributed by atoms with Crippen LogP contribution < -0.4 is 10.2 Å². The fourth-order valence-electron chi connectivity index (χ4n) is 2.96. The second-order valence-corrected chi connectivity index (χ2v) is 8.34. The van der Waals surface area contributed by atoms with Crippen molar-refractivity contribution < 1.29 is 19.1 Å². The number of aromatic nitrogens is 1.